The third-order valence-electron chi connectivity index (χ3n) is 3.50. The summed E-state index contributed by atoms with van der Waals surface area (Å²) in [7, 11) is 0. The molecule has 0 saturated heterocycles. The first kappa shape index (κ1) is 11.8. The van der Waals surface area contributed by atoms with E-state index >= 15 is 0 Å². The summed E-state index contributed by atoms with van der Waals surface area (Å²) in [6, 6.07) is 8.05. The zero-order chi connectivity index (χ0) is 12.5. The largest absolute Gasteiger partial charge is 0.329 e. The van der Waals surface area contributed by atoms with Gasteiger partial charge < -0.3 is 10.3 Å². The molecule has 0 radical (unpaired) electrons. The van der Waals surface area contributed by atoms with Gasteiger partial charge in [0.15, 0.2) is 0 Å². The molecular weight excluding hydrogens is 246 g/mol. The van der Waals surface area contributed by atoms with Gasteiger partial charge in [-0.05, 0) is 24.8 Å². The van der Waals surface area contributed by atoms with Crippen LogP contribution in [0.2, 0.25) is 5.02 Å². The minimum Gasteiger partial charge on any atom is -0.329 e. The highest BCUT2D eigenvalue weighted by molar-refractivity contribution is 6.33. The monoisotopic (exact) mass is 261 g/mol. The topological polar surface area (TPSA) is 43.8 Å². The highest BCUT2D eigenvalue weighted by atomic mass is 35.5. The maximum absolute atomic E-state index is 6.23. The molecule has 0 amide bonds. The number of hydrogen-bond donors (Lipinski definition) is 1. The lowest BCUT2D eigenvalue weighted by atomic mass is 10.1. The molecule has 0 bridgehead atoms. The van der Waals surface area contributed by atoms with Crippen molar-refractivity contribution in [2.75, 3.05) is 0 Å². The van der Waals surface area contributed by atoms with Gasteiger partial charge in [0.05, 0.1) is 18.2 Å². The molecule has 1 heterocycles. The number of imidazole rings is 1. The summed E-state index contributed by atoms with van der Waals surface area (Å²) in [5.74, 6) is 0.687. The van der Waals surface area contributed by atoms with Crippen LogP contribution in [0.4, 0.5) is 0 Å². The highest BCUT2D eigenvalue weighted by Crippen LogP contribution is 2.33. The van der Waals surface area contributed by atoms with Gasteiger partial charge in [0, 0.05) is 23.2 Å². The van der Waals surface area contributed by atoms with Crippen LogP contribution in [0.5, 0.6) is 0 Å². The Morgan fingerprint density at radius 2 is 2.17 bits per heavy atom. The normalized spacial score (nSPS) is 16.8. The van der Waals surface area contributed by atoms with Crippen molar-refractivity contribution < 1.29 is 0 Å². The van der Waals surface area contributed by atoms with Gasteiger partial charge in [-0.2, -0.15) is 0 Å². The van der Waals surface area contributed by atoms with E-state index in [0.717, 1.165) is 22.8 Å². The minimum atomic E-state index is 0.223. The molecule has 1 aromatic heterocycles. The van der Waals surface area contributed by atoms with E-state index in [1.165, 1.54) is 12.8 Å². The Hall–Kier alpha value is -1.32. The van der Waals surface area contributed by atoms with Crippen molar-refractivity contribution >= 4 is 11.6 Å². The van der Waals surface area contributed by atoms with Crippen molar-refractivity contribution in [2.24, 2.45) is 11.7 Å². The number of hydrogen-bond acceptors (Lipinski definition) is 2. The molecule has 1 aliphatic carbocycles. The van der Waals surface area contributed by atoms with E-state index in [9.17, 15) is 0 Å². The van der Waals surface area contributed by atoms with Crippen LogP contribution < -0.4 is 5.73 Å². The number of aromatic nitrogens is 2. The van der Waals surface area contributed by atoms with Crippen LogP contribution in [0, 0.1) is 5.92 Å². The van der Waals surface area contributed by atoms with Crippen LogP contribution in [-0.4, -0.2) is 15.6 Å². The Kier molecular flexibility index (Phi) is 3.10. The highest BCUT2D eigenvalue weighted by Gasteiger charge is 2.28. The van der Waals surface area contributed by atoms with Crippen LogP contribution in [0.25, 0.3) is 11.3 Å². The second-order valence-corrected chi connectivity index (χ2v) is 5.32. The molecular formula is C14H16ClN3. The maximum atomic E-state index is 6.23. The summed E-state index contributed by atoms with van der Waals surface area (Å²) in [5.41, 5.74) is 8.23. The SMILES string of the molecule is NC(Cn1cncc1-c1ccccc1Cl)C1CC1. The summed E-state index contributed by atoms with van der Waals surface area (Å²) >= 11 is 6.23. The number of rotatable bonds is 4. The Balaban J connectivity index is 1.89. The maximum Gasteiger partial charge on any atom is 0.0951 e. The lowest BCUT2D eigenvalue weighted by molar-refractivity contribution is 0.505. The zero-order valence-corrected chi connectivity index (χ0v) is 10.8. The smallest absolute Gasteiger partial charge is 0.0951 e. The standard InChI is InChI=1S/C14H16ClN3/c15-12-4-2-1-3-11(12)14-7-17-9-18(14)8-13(16)10-5-6-10/h1-4,7,9-10,13H,5-6,8,16H2. The average Bonchev–Trinajstić information content (AvgIpc) is 3.12. The molecule has 3 rings (SSSR count). The average molecular weight is 262 g/mol. The van der Waals surface area contributed by atoms with Crippen molar-refractivity contribution in [1.29, 1.82) is 0 Å². The van der Waals surface area contributed by atoms with E-state index < -0.39 is 0 Å². The third kappa shape index (κ3) is 2.28. The summed E-state index contributed by atoms with van der Waals surface area (Å²) in [4.78, 5) is 4.22. The van der Waals surface area contributed by atoms with Gasteiger partial charge >= 0.3 is 0 Å². The number of benzene rings is 1. The Bertz CT molecular complexity index is 545. The predicted molar refractivity (Wildman–Crippen MR) is 73.4 cm³/mol. The van der Waals surface area contributed by atoms with E-state index in [-0.39, 0.29) is 6.04 Å². The molecule has 18 heavy (non-hydrogen) atoms. The Morgan fingerprint density at radius 3 is 2.89 bits per heavy atom. The van der Waals surface area contributed by atoms with Crippen molar-refractivity contribution in [3.05, 3.63) is 41.8 Å². The van der Waals surface area contributed by atoms with Crippen LogP contribution in [0.15, 0.2) is 36.8 Å². The fourth-order valence-corrected chi connectivity index (χ4v) is 2.49. The molecule has 2 aromatic rings. The van der Waals surface area contributed by atoms with Crippen LogP contribution in [-0.2, 0) is 6.54 Å². The van der Waals surface area contributed by atoms with Crippen molar-refractivity contribution in [3.8, 4) is 11.3 Å². The lowest BCUT2D eigenvalue weighted by Gasteiger charge is -2.14. The second-order valence-electron chi connectivity index (χ2n) is 4.91. The Labute approximate surface area is 112 Å². The molecule has 3 nitrogen and oxygen atoms in total. The molecule has 0 spiro atoms. The van der Waals surface area contributed by atoms with Gasteiger partial charge in [0.2, 0.25) is 0 Å². The lowest BCUT2D eigenvalue weighted by Crippen LogP contribution is -2.28. The first-order valence-electron chi connectivity index (χ1n) is 6.26. The minimum absolute atomic E-state index is 0.223. The van der Waals surface area contributed by atoms with Gasteiger partial charge in [-0.1, -0.05) is 29.8 Å². The summed E-state index contributed by atoms with van der Waals surface area (Å²) in [6.45, 7) is 0.811. The van der Waals surface area contributed by atoms with Gasteiger partial charge in [-0.25, -0.2) is 4.98 Å². The predicted octanol–water partition coefficient (Wildman–Crippen LogP) is 2.94. The number of nitrogens with zero attached hydrogens (tertiary/aromatic N) is 2. The van der Waals surface area contributed by atoms with Crippen LogP contribution >= 0.6 is 11.6 Å². The van der Waals surface area contributed by atoms with E-state index in [0.29, 0.717) is 5.92 Å². The van der Waals surface area contributed by atoms with E-state index in [2.05, 4.69) is 9.55 Å². The molecule has 1 atom stereocenters. The van der Waals surface area contributed by atoms with Crippen LogP contribution in [0.3, 0.4) is 0 Å². The molecule has 4 heteroatoms. The van der Waals surface area contributed by atoms with E-state index in [1.54, 1.807) is 0 Å². The third-order valence-corrected chi connectivity index (χ3v) is 3.83. The molecule has 1 unspecified atom stereocenters. The van der Waals surface area contributed by atoms with Crippen LogP contribution in [0.1, 0.15) is 12.8 Å². The fourth-order valence-electron chi connectivity index (χ4n) is 2.26. The number of halogens is 1. The van der Waals surface area contributed by atoms with Gasteiger partial charge in [-0.3, -0.25) is 0 Å². The summed E-state index contributed by atoms with van der Waals surface area (Å²) in [6.07, 6.45) is 6.20. The molecule has 1 aromatic carbocycles. The number of nitrogens with two attached hydrogens (primary N) is 1. The van der Waals surface area contributed by atoms with E-state index in [1.807, 2.05) is 36.8 Å². The van der Waals surface area contributed by atoms with Crippen molar-refractivity contribution in [1.82, 2.24) is 9.55 Å². The molecule has 1 fully saturated rings. The zero-order valence-electron chi connectivity index (χ0n) is 10.1. The molecule has 0 aliphatic heterocycles. The van der Waals surface area contributed by atoms with Gasteiger partial charge in [0.1, 0.15) is 0 Å². The fraction of sp³-hybridized carbons (Fsp3) is 0.357. The molecule has 94 valence electrons. The molecule has 1 aliphatic rings. The first-order chi connectivity index (χ1) is 8.75. The quantitative estimate of drug-likeness (QED) is 0.920. The summed E-state index contributed by atoms with van der Waals surface area (Å²) < 4.78 is 2.10. The van der Waals surface area contributed by atoms with Gasteiger partial charge in [0.25, 0.3) is 0 Å². The second kappa shape index (κ2) is 4.75. The molecule has 1 saturated carbocycles. The molecule has 2 N–H and O–H groups in total. The van der Waals surface area contributed by atoms with Crippen molar-refractivity contribution in [2.45, 2.75) is 25.4 Å². The van der Waals surface area contributed by atoms with Gasteiger partial charge in [-0.15, -0.1) is 0 Å². The Morgan fingerprint density at radius 1 is 1.39 bits per heavy atom. The first-order valence-corrected chi connectivity index (χ1v) is 6.64. The summed E-state index contributed by atoms with van der Waals surface area (Å²) in [5, 5.41) is 0.749. The van der Waals surface area contributed by atoms with E-state index in [4.69, 9.17) is 17.3 Å². The van der Waals surface area contributed by atoms with Crippen molar-refractivity contribution in [3.63, 3.8) is 0 Å².